The Kier molecular flexibility index (Phi) is 6.36. The van der Waals surface area contributed by atoms with Crippen LogP contribution >= 0.6 is 15.9 Å². The van der Waals surface area contributed by atoms with Gasteiger partial charge in [-0.1, -0.05) is 35.9 Å². The summed E-state index contributed by atoms with van der Waals surface area (Å²) < 4.78 is 31.4. The highest BCUT2D eigenvalue weighted by molar-refractivity contribution is 9.11. The number of ether oxygens (including phenoxy) is 5. The van der Waals surface area contributed by atoms with Gasteiger partial charge in [0.1, 0.15) is 36.8 Å². The van der Waals surface area contributed by atoms with Crippen molar-refractivity contribution >= 4 is 22.2 Å². The summed E-state index contributed by atoms with van der Waals surface area (Å²) in [5, 5.41) is 0. The Hall–Kier alpha value is -0.310. The van der Waals surface area contributed by atoms with Crippen molar-refractivity contribution in [2.75, 3.05) is 0 Å². The predicted molar refractivity (Wildman–Crippen MR) is 102 cm³/mol. The second-order valence-electron chi connectivity index (χ2n) is 7.97. The standard InChI is InChI=1S/C14H18O6.C6H11Br/c15-4-3-6-1-2-7-10(16-6)13-14-12(17-7)11-8(18-14)5-9(19-11)20-13;1-3-4-5-6(2)7/h4,6-14H,1-3,5H2;2-5H2,1H3. The smallest absolute Gasteiger partial charge is 0.161 e. The number of rotatable bonds is 5. The zero-order valence-electron chi connectivity index (χ0n) is 15.8. The quantitative estimate of drug-likeness (QED) is 0.606. The number of carbonyl (C=O) groups excluding carboxylic acids is 1. The van der Waals surface area contributed by atoms with Crippen molar-refractivity contribution in [1.82, 2.24) is 0 Å². The van der Waals surface area contributed by atoms with Gasteiger partial charge in [0.2, 0.25) is 0 Å². The first-order valence-corrected chi connectivity index (χ1v) is 10.9. The minimum Gasteiger partial charge on any atom is -0.369 e. The molecule has 0 aliphatic carbocycles. The molecular formula is C20H29BrO6. The van der Waals surface area contributed by atoms with Crippen molar-refractivity contribution in [2.24, 2.45) is 0 Å². The van der Waals surface area contributed by atoms with Crippen LogP contribution in [0.2, 0.25) is 0 Å². The van der Waals surface area contributed by atoms with E-state index in [0.29, 0.717) is 6.42 Å². The third-order valence-electron chi connectivity index (χ3n) is 6.02. The van der Waals surface area contributed by atoms with Crippen LogP contribution < -0.4 is 0 Å². The van der Waals surface area contributed by atoms with E-state index in [1.165, 1.54) is 12.8 Å². The number of hydrogen-bond donors (Lipinski definition) is 0. The first-order chi connectivity index (χ1) is 13.1. The van der Waals surface area contributed by atoms with Crippen molar-refractivity contribution in [3.8, 4) is 0 Å². The molecule has 0 radical (unpaired) electrons. The van der Waals surface area contributed by atoms with E-state index in [-0.39, 0.29) is 55.1 Å². The predicted octanol–water partition coefficient (Wildman–Crippen LogP) is 3.26. The minimum atomic E-state index is -0.192. The Morgan fingerprint density at radius 1 is 1.00 bits per heavy atom. The van der Waals surface area contributed by atoms with E-state index in [0.717, 1.165) is 36.5 Å². The summed E-state index contributed by atoms with van der Waals surface area (Å²) in [4.78, 5) is 10.7. The molecule has 6 fully saturated rings. The zero-order valence-corrected chi connectivity index (χ0v) is 17.3. The fraction of sp³-hybridized carbons (Fsp3) is 0.850. The van der Waals surface area contributed by atoms with Gasteiger partial charge in [-0.2, -0.15) is 0 Å². The van der Waals surface area contributed by atoms with Crippen LogP contribution in [0.3, 0.4) is 0 Å². The van der Waals surface area contributed by atoms with Crippen molar-refractivity contribution in [1.29, 1.82) is 0 Å². The van der Waals surface area contributed by atoms with E-state index in [1.54, 1.807) is 0 Å². The summed E-state index contributed by atoms with van der Waals surface area (Å²) in [6.45, 7) is 5.89. The molecule has 27 heavy (non-hydrogen) atoms. The number of aldehydes is 1. The molecule has 7 heteroatoms. The summed E-state index contributed by atoms with van der Waals surface area (Å²) in [5.41, 5.74) is 0. The molecule has 0 aromatic heterocycles. The van der Waals surface area contributed by atoms with Crippen molar-refractivity contribution in [3.05, 3.63) is 11.1 Å². The van der Waals surface area contributed by atoms with Crippen molar-refractivity contribution in [3.63, 3.8) is 0 Å². The van der Waals surface area contributed by atoms with Gasteiger partial charge in [-0.15, -0.1) is 0 Å². The van der Waals surface area contributed by atoms with Gasteiger partial charge >= 0.3 is 0 Å². The number of halogens is 1. The Morgan fingerprint density at radius 3 is 2.37 bits per heavy atom. The van der Waals surface area contributed by atoms with Crippen LogP contribution in [0, 0.1) is 0 Å². The van der Waals surface area contributed by atoms with Crippen LogP contribution in [0.4, 0.5) is 0 Å². The number of allylic oxidation sites excluding steroid dienone is 1. The highest BCUT2D eigenvalue weighted by Crippen LogP contribution is 2.48. The first-order valence-electron chi connectivity index (χ1n) is 10.1. The average molecular weight is 445 g/mol. The van der Waals surface area contributed by atoms with Gasteiger partial charge in [0.15, 0.2) is 6.29 Å². The summed E-state index contributed by atoms with van der Waals surface area (Å²) in [5.74, 6) is 0. The molecule has 0 aromatic carbocycles. The molecule has 9 atom stereocenters. The van der Waals surface area contributed by atoms with Crippen molar-refractivity contribution < 1.29 is 28.5 Å². The van der Waals surface area contributed by atoms with E-state index in [2.05, 4.69) is 29.4 Å². The second-order valence-corrected chi connectivity index (χ2v) is 9.09. The molecular weight excluding hydrogens is 416 g/mol. The summed E-state index contributed by atoms with van der Waals surface area (Å²) in [6.07, 6.45) is 7.12. The topological polar surface area (TPSA) is 63.2 Å². The molecule has 0 N–H and O–H groups in total. The molecule has 6 bridgehead atoms. The molecule has 6 heterocycles. The van der Waals surface area contributed by atoms with Crippen LogP contribution in [0.25, 0.3) is 0 Å². The lowest BCUT2D eigenvalue weighted by atomic mass is 9.87. The molecule has 6 rings (SSSR count). The molecule has 0 aromatic rings. The van der Waals surface area contributed by atoms with Crippen LogP contribution in [0.15, 0.2) is 11.1 Å². The lowest BCUT2D eigenvalue weighted by Gasteiger charge is -2.46. The largest absolute Gasteiger partial charge is 0.369 e. The lowest BCUT2D eigenvalue weighted by Crippen LogP contribution is -2.61. The van der Waals surface area contributed by atoms with E-state index >= 15 is 0 Å². The van der Waals surface area contributed by atoms with Crippen LogP contribution in [0.1, 0.15) is 51.9 Å². The summed E-state index contributed by atoms with van der Waals surface area (Å²) in [7, 11) is 0. The van der Waals surface area contributed by atoms with Gasteiger partial charge in [0.05, 0.1) is 18.3 Å². The van der Waals surface area contributed by atoms with Gasteiger partial charge in [-0.3, -0.25) is 0 Å². The lowest BCUT2D eigenvalue weighted by molar-refractivity contribution is -0.264. The fourth-order valence-electron chi connectivity index (χ4n) is 4.73. The van der Waals surface area contributed by atoms with E-state index in [9.17, 15) is 4.79 Å². The third-order valence-corrected chi connectivity index (χ3v) is 6.41. The highest BCUT2D eigenvalue weighted by Gasteiger charge is 2.64. The zero-order chi connectivity index (χ0) is 19.0. The first kappa shape index (κ1) is 20.0. The van der Waals surface area contributed by atoms with E-state index in [4.69, 9.17) is 23.7 Å². The summed E-state index contributed by atoms with van der Waals surface area (Å²) >= 11 is 3.28. The van der Waals surface area contributed by atoms with E-state index in [1.807, 2.05) is 0 Å². The third kappa shape index (κ3) is 4.05. The highest BCUT2D eigenvalue weighted by atomic mass is 79.9. The monoisotopic (exact) mass is 444 g/mol. The van der Waals surface area contributed by atoms with Gasteiger partial charge in [-0.25, -0.2) is 0 Å². The molecule has 0 spiro atoms. The Bertz CT molecular complexity index is 557. The van der Waals surface area contributed by atoms with Crippen molar-refractivity contribution in [2.45, 2.75) is 107 Å². The van der Waals surface area contributed by atoms with Crippen LogP contribution in [-0.2, 0) is 28.5 Å². The number of unbranched alkanes of at least 4 members (excludes halogenated alkanes) is 1. The molecule has 6 aliphatic heterocycles. The maximum atomic E-state index is 10.7. The Balaban J connectivity index is 0.000000224. The van der Waals surface area contributed by atoms with Gasteiger partial charge < -0.3 is 28.5 Å². The van der Waals surface area contributed by atoms with Gasteiger partial charge in [0, 0.05) is 12.8 Å². The Morgan fingerprint density at radius 2 is 1.67 bits per heavy atom. The molecule has 152 valence electrons. The SMILES string of the molecule is C=C(Br)CCCC.O=CCC1CCC2OC3C4OC5CC4OC3C(O5)C2O1. The molecule has 6 saturated heterocycles. The van der Waals surface area contributed by atoms with Gasteiger partial charge in [-0.05, 0) is 30.2 Å². The maximum absolute atomic E-state index is 10.7. The number of fused-ring (bicyclic) bond motifs is 1. The fourth-order valence-corrected chi connectivity index (χ4v) is 5.01. The molecule has 0 saturated carbocycles. The molecule has 6 aliphatic rings. The van der Waals surface area contributed by atoms with Crippen LogP contribution in [0.5, 0.6) is 0 Å². The van der Waals surface area contributed by atoms with E-state index < -0.39 is 0 Å². The van der Waals surface area contributed by atoms with Gasteiger partial charge in [0.25, 0.3) is 0 Å². The average Bonchev–Trinajstić information content (AvgIpc) is 3.07. The Labute approximate surface area is 169 Å². The molecule has 9 unspecified atom stereocenters. The number of carbonyl (C=O) groups is 1. The maximum Gasteiger partial charge on any atom is 0.161 e. The summed E-state index contributed by atoms with van der Waals surface area (Å²) in [6, 6.07) is 0. The van der Waals surface area contributed by atoms with Crippen LogP contribution in [-0.4, -0.2) is 61.4 Å². The normalized spacial score (nSPS) is 46.2. The number of hydrogen-bond acceptors (Lipinski definition) is 6. The second kappa shape index (κ2) is 8.59. The molecule has 6 nitrogen and oxygen atoms in total. The minimum absolute atomic E-state index is 0.0173. The molecule has 0 amide bonds.